The van der Waals surface area contributed by atoms with Gasteiger partial charge in [0.1, 0.15) is 18.8 Å². The molecule has 4 N–H and O–H groups in total. The summed E-state index contributed by atoms with van der Waals surface area (Å²) in [6.07, 6.45) is -5.92. The van der Waals surface area contributed by atoms with Crippen molar-refractivity contribution < 1.29 is 43.9 Å². The first-order valence-corrected chi connectivity index (χ1v) is 8.87. The number of carbonyl (C=O) groups is 2. The number of ether oxygens (including phenoxy) is 4. The summed E-state index contributed by atoms with van der Waals surface area (Å²) in [7, 11) is 0. The van der Waals surface area contributed by atoms with Crippen molar-refractivity contribution in [2.75, 3.05) is 13.2 Å². The molecule has 0 aliphatic carbocycles. The zero-order valence-electron chi connectivity index (χ0n) is 15.9. The van der Waals surface area contributed by atoms with Crippen molar-refractivity contribution in [3.05, 3.63) is 48.6 Å². The Bertz CT molecular complexity index is 698. The fourth-order valence-corrected chi connectivity index (χ4v) is 2.80. The average Bonchev–Trinajstić information content (AvgIpc) is 2.70. The van der Waals surface area contributed by atoms with Crippen LogP contribution in [0.5, 0.6) is 0 Å². The number of alkyl carbamates (subject to hydrolysis) is 1. The number of esters is 1. The van der Waals surface area contributed by atoms with Gasteiger partial charge in [-0.05, 0) is 5.56 Å². The largest absolute Gasteiger partial charge is 0.454 e. The van der Waals surface area contributed by atoms with E-state index in [1.807, 2.05) is 0 Å². The Morgan fingerprint density at radius 2 is 2.03 bits per heavy atom. The number of carbonyl (C=O) groups excluding carboxylic acids is 2. The van der Waals surface area contributed by atoms with Gasteiger partial charge in [-0.1, -0.05) is 36.4 Å². The Morgan fingerprint density at radius 3 is 2.62 bits per heavy atom. The van der Waals surface area contributed by atoms with E-state index < -0.39 is 49.0 Å². The minimum Gasteiger partial charge on any atom is -0.454 e. The Balaban J connectivity index is 2.22. The van der Waals surface area contributed by atoms with Crippen LogP contribution in [0, 0.1) is 0 Å². The summed E-state index contributed by atoms with van der Waals surface area (Å²) in [6, 6.07) is 8.80. The Morgan fingerprint density at radius 1 is 1.34 bits per heavy atom. The average molecular weight is 411 g/mol. The molecule has 1 aromatic rings. The molecule has 10 heteroatoms. The molecule has 160 valence electrons. The predicted octanol–water partition coefficient (Wildman–Crippen LogP) is -0.186. The Labute approximate surface area is 167 Å². The summed E-state index contributed by atoms with van der Waals surface area (Å²) in [4.78, 5) is 23.8. The molecular weight excluding hydrogens is 386 g/mol. The SMILES string of the molecule is C=CCO[C@H]1O[C@H](CO)[C@@H](O)[C@H](OC(C)=O)[C@]1(O)NC(=O)OCc1ccccc1. The van der Waals surface area contributed by atoms with Crippen molar-refractivity contribution in [2.24, 2.45) is 0 Å². The van der Waals surface area contributed by atoms with Crippen molar-refractivity contribution in [3.8, 4) is 0 Å². The molecule has 1 amide bonds. The number of rotatable bonds is 8. The summed E-state index contributed by atoms with van der Waals surface area (Å²) in [6.45, 7) is 3.69. The van der Waals surface area contributed by atoms with Gasteiger partial charge in [-0.3, -0.25) is 10.1 Å². The highest BCUT2D eigenvalue weighted by Crippen LogP contribution is 2.31. The summed E-state index contributed by atoms with van der Waals surface area (Å²) in [5.41, 5.74) is -1.81. The molecule has 1 heterocycles. The summed E-state index contributed by atoms with van der Waals surface area (Å²) < 4.78 is 20.8. The lowest BCUT2D eigenvalue weighted by Crippen LogP contribution is -2.74. The molecule has 0 spiro atoms. The van der Waals surface area contributed by atoms with Crippen LogP contribution in [-0.2, 0) is 30.3 Å². The van der Waals surface area contributed by atoms with Crippen molar-refractivity contribution in [2.45, 2.75) is 43.9 Å². The van der Waals surface area contributed by atoms with Gasteiger partial charge in [0.05, 0.1) is 13.2 Å². The van der Waals surface area contributed by atoms with Crippen LogP contribution in [-0.4, -0.2) is 70.9 Å². The van der Waals surface area contributed by atoms with Crippen LogP contribution < -0.4 is 5.32 Å². The molecule has 1 aliphatic heterocycles. The molecule has 0 bridgehead atoms. The van der Waals surface area contributed by atoms with Crippen LogP contribution in [0.2, 0.25) is 0 Å². The van der Waals surface area contributed by atoms with Crippen LogP contribution in [0.3, 0.4) is 0 Å². The van der Waals surface area contributed by atoms with E-state index in [-0.39, 0.29) is 13.2 Å². The fourth-order valence-electron chi connectivity index (χ4n) is 2.80. The molecule has 10 nitrogen and oxygen atoms in total. The van der Waals surface area contributed by atoms with E-state index in [1.54, 1.807) is 30.3 Å². The van der Waals surface area contributed by atoms with Crippen molar-refractivity contribution in [1.29, 1.82) is 0 Å². The predicted molar refractivity (Wildman–Crippen MR) is 98.2 cm³/mol. The van der Waals surface area contributed by atoms with Crippen LogP contribution in [0.15, 0.2) is 43.0 Å². The van der Waals surface area contributed by atoms with Crippen molar-refractivity contribution in [1.82, 2.24) is 5.32 Å². The van der Waals surface area contributed by atoms with Crippen LogP contribution in [0.1, 0.15) is 12.5 Å². The molecule has 29 heavy (non-hydrogen) atoms. The molecule has 0 unspecified atom stereocenters. The van der Waals surface area contributed by atoms with Crippen molar-refractivity contribution in [3.63, 3.8) is 0 Å². The minimum absolute atomic E-state index is 0.0954. The van der Waals surface area contributed by atoms with Gasteiger partial charge in [-0.2, -0.15) is 0 Å². The maximum atomic E-state index is 12.3. The molecule has 2 rings (SSSR count). The Kier molecular flexibility index (Phi) is 8.11. The summed E-state index contributed by atoms with van der Waals surface area (Å²) >= 11 is 0. The van der Waals surface area contributed by atoms with Crippen LogP contribution in [0.25, 0.3) is 0 Å². The first-order chi connectivity index (χ1) is 13.8. The number of amides is 1. The van der Waals surface area contributed by atoms with E-state index in [0.717, 1.165) is 6.92 Å². The summed E-state index contributed by atoms with van der Waals surface area (Å²) in [5.74, 6) is -0.840. The Hall–Kier alpha value is -2.50. The number of nitrogens with one attached hydrogen (secondary N) is 1. The molecule has 0 saturated carbocycles. The van der Waals surface area contributed by atoms with Gasteiger partial charge in [-0.25, -0.2) is 4.79 Å². The molecule has 1 fully saturated rings. The fraction of sp³-hybridized carbons (Fsp3) is 0.474. The number of aliphatic hydroxyl groups is 3. The lowest BCUT2D eigenvalue weighted by Gasteiger charge is -2.48. The molecule has 0 aromatic heterocycles. The van der Waals surface area contributed by atoms with Gasteiger partial charge < -0.3 is 34.3 Å². The van der Waals surface area contributed by atoms with E-state index in [2.05, 4.69) is 11.9 Å². The van der Waals surface area contributed by atoms with E-state index in [9.17, 15) is 24.9 Å². The van der Waals surface area contributed by atoms with Gasteiger partial charge in [0, 0.05) is 6.92 Å². The lowest BCUT2D eigenvalue weighted by molar-refractivity contribution is -0.346. The highest BCUT2D eigenvalue weighted by Gasteiger charge is 2.59. The van der Waals surface area contributed by atoms with E-state index in [1.165, 1.54) is 6.08 Å². The molecule has 1 saturated heterocycles. The standard InChI is InChI=1S/C19H25NO9/c1-3-9-26-17-19(25,16(28-12(2)22)15(23)14(10-21)29-17)20-18(24)27-11-13-7-5-4-6-8-13/h3-8,14-17,21,23,25H,1,9-11H2,2H3,(H,20,24)/t14-,15-,16+,17+,19-/m1/s1. The molecule has 1 aliphatic rings. The summed E-state index contributed by atoms with van der Waals surface area (Å²) in [5, 5.41) is 33.1. The van der Waals surface area contributed by atoms with E-state index in [4.69, 9.17) is 18.9 Å². The number of hydrogen-bond donors (Lipinski definition) is 4. The maximum Gasteiger partial charge on any atom is 0.409 e. The first kappa shape index (κ1) is 22.8. The van der Waals surface area contributed by atoms with Crippen molar-refractivity contribution >= 4 is 12.1 Å². The molecular formula is C19H25NO9. The van der Waals surface area contributed by atoms with Gasteiger partial charge >= 0.3 is 12.1 Å². The van der Waals surface area contributed by atoms with Crippen LogP contribution >= 0.6 is 0 Å². The van der Waals surface area contributed by atoms with Crippen LogP contribution in [0.4, 0.5) is 4.79 Å². The quantitative estimate of drug-likeness (QED) is 0.260. The second-order valence-electron chi connectivity index (χ2n) is 6.34. The molecule has 0 radical (unpaired) electrons. The molecule has 1 aromatic carbocycles. The minimum atomic E-state index is -2.51. The van der Waals surface area contributed by atoms with Gasteiger partial charge in [0.15, 0.2) is 6.10 Å². The van der Waals surface area contributed by atoms with E-state index >= 15 is 0 Å². The monoisotopic (exact) mass is 411 g/mol. The highest BCUT2D eigenvalue weighted by atomic mass is 16.7. The normalized spacial score (nSPS) is 29.0. The van der Waals surface area contributed by atoms with E-state index in [0.29, 0.717) is 5.56 Å². The number of benzene rings is 1. The topological polar surface area (TPSA) is 144 Å². The number of hydrogen-bond acceptors (Lipinski definition) is 9. The lowest BCUT2D eigenvalue weighted by atomic mass is 9.93. The highest BCUT2D eigenvalue weighted by molar-refractivity contribution is 5.69. The third-order valence-corrected chi connectivity index (χ3v) is 4.14. The van der Waals surface area contributed by atoms with Gasteiger partial charge in [0.2, 0.25) is 12.0 Å². The zero-order valence-corrected chi connectivity index (χ0v) is 15.9. The maximum absolute atomic E-state index is 12.3. The second kappa shape index (κ2) is 10.3. The molecule has 5 atom stereocenters. The third kappa shape index (κ3) is 5.75. The first-order valence-electron chi connectivity index (χ1n) is 8.87. The smallest absolute Gasteiger partial charge is 0.409 e. The van der Waals surface area contributed by atoms with Gasteiger partial charge in [-0.15, -0.1) is 6.58 Å². The third-order valence-electron chi connectivity index (χ3n) is 4.14. The second-order valence-corrected chi connectivity index (χ2v) is 6.34. The zero-order chi connectivity index (χ0) is 21.4. The van der Waals surface area contributed by atoms with Gasteiger partial charge in [0.25, 0.3) is 0 Å². The number of aliphatic hydroxyl groups excluding tert-OH is 2.